The van der Waals surface area contributed by atoms with Crippen LogP contribution in [0.4, 0.5) is 16.3 Å². The molecule has 5 heterocycles. The number of carbonyl (C=O) groups excluding carboxylic acids is 1. The van der Waals surface area contributed by atoms with Crippen LogP contribution in [0.15, 0.2) is 67.8 Å². The van der Waals surface area contributed by atoms with E-state index in [1.807, 2.05) is 87.6 Å². The van der Waals surface area contributed by atoms with Crippen LogP contribution in [0.3, 0.4) is 0 Å². The van der Waals surface area contributed by atoms with Gasteiger partial charge in [-0.15, -0.1) is 0 Å². The van der Waals surface area contributed by atoms with E-state index in [0.29, 0.717) is 24.6 Å². The molecule has 1 saturated heterocycles. The zero-order chi connectivity index (χ0) is 27.9. The number of imidazole rings is 2. The number of fused-ring (bicyclic) bond motifs is 1. The van der Waals surface area contributed by atoms with Crippen molar-refractivity contribution >= 4 is 23.2 Å². The lowest BCUT2D eigenvalue weighted by molar-refractivity contribution is 0.0197. The van der Waals surface area contributed by atoms with Crippen molar-refractivity contribution < 1.29 is 9.53 Å². The summed E-state index contributed by atoms with van der Waals surface area (Å²) in [6, 6.07) is 8.07. The fourth-order valence-electron chi connectivity index (χ4n) is 5.03. The minimum atomic E-state index is -0.541. The van der Waals surface area contributed by atoms with E-state index in [1.54, 1.807) is 22.1 Å². The average molecular weight is 540 g/mol. The molecule has 1 aromatic carbocycles. The Morgan fingerprint density at radius 3 is 2.65 bits per heavy atom. The number of aryl methyl sites for hydroxylation is 1. The van der Waals surface area contributed by atoms with Gasteiger partial charge in [-0.2, -0.15) is 5.10 Å². The zero-order valence-corrected chi connectivity index (χ0v) is 23.2. The summed E-state index contributed by atoms with van der Waals surface area (Å²) in [5, 5.41) is 7.84. The normalized spacial score (nSPS) is 15.9. The summed E-state index contributed by atoms with van der Waals surface area (Å²) in [5.74, 6) is 0.705. The number of piperidine rings is 1. The molecule has 1 unspecified atom stereocenters. The molecule has 206 valence electrons. The molecule has 1 aliphatic heterocycles. The Hall–Kier alpha value is -4.67. The molecule has 1 aliphatic rings. The van der Waals surface area contributed by atoms with Crippen molar-refractivity contribution in [1.82, 2.24) is 38.6 Å². The van der Waals surface area contributed by atoms with Gasteiger partial charge in [0.1, 0.15) is 5.60 Å². The molecule has 1 amide bonds. The SMILES string of the molecule is Cn1cc(-c2cnc3c(Nc4ccc(-n5ccnc5)cc4)nc(C4CCCN(C(=O)OC(C)(C)C)C4)cn23)cn1. The van der Waals surface area contributed by atoms with Gasteiger partial charge in [-0.05, 0) is 57.9 Å². The maximum Gasteiger partial charge on any atom is 0.410 e. The zero-order valence-electron chi connectivity index (χ0n) is 23.2. The second-order valence-corrected chi connectivity index (χ2v) is 11.2. The van der Waals surface area contributed by atoms with Crippen LogP contribution in [0, 0.1) is 0 Å². The quantitative estimate of drug-likeness (QED) is 0.328. The van der Waals surface area contributed by atoms with Crippen molar-refractivity contribution in [3.63, 3.8) is 0 Å². The van der Waals surface area contributed by atoms with Crippen LogP contribution in [-0.2, 0) is 11.8 Å². The number of hydrogen-bond donors (Lipinski definition) is 1. The fourth-order valence-corrected chi connectivity index (χ4v) is 5.03. The molecule has 0 bridgehead atoms. The van der Waals surface area contributed by atoms with Crippen LogP contribution >= 0.6 is 0 Å². The molecule has 0 radical (unpaired) electrons. The molecule has 0 aliphatic carbocycles. The molecule has 6 rings (SSSR count). The number of amides is 1. The van der Waals surface area contributed by atoms with Crippen molar-refractivity contribution in [3.05, 3.63) is 73.5 Å². The molecule has 11 heteroatoms. The molecule has 5 aromatic rings. The van der Waals surface area contributed by atoms with Gasteiger partial charge in [0.2, 0.25) is 0 Å². The number of rotatable bonds is 5. The maximum absolute atomic E-state index is 12.9. The van der Waals surface area contributed by atoms with E-state index in [9.17, 15) is 4.79 Å². The molecule has 0 spiro atoms. The van der Waals surface area contributed by atoms with Crippen molar-refractivity contribution in [2.24, 2.45) is 7.05 Å². The van der Waals surface area contributed by atoms with E-state index < -0.39 is 5.60 Å². The maximum atomic E-state index is 12.9. The average Bonchev–Trinajstić information content (AvgIpc) is 3.69. The fraction of sp³-hybridized carbons (Fsp3) is 0.345. The van der Waals surface area contributed by atoms with E-state index >= 15 is 0 Å². The third kappa shape index (κ3) is 5.27. The molecule has 4 aromatic heterocycles. The Morgan fingerprint density at radius 2 is 1.95 bits per heavy atom. The number of nitrogens with zero attached hydrogens (tertiary/aromatic N) is 8. The number of anilines is 2. The van der Waals surface area contributed by atoms with E-state index in [2.05, 4.69) is 19.8 Å². The number of hydrogen-bond acceptors (Lipinski definition) is 7. The summed E-state index contributed by atoms with van der Waals surface area (Å²) in [7, 11) is 1.90. The molecule has 1 fully saturated rings. The Kier molecular flexibility index (Phi) is 6.49. The van der Waals surface area contributed by atoms with Crippen molar-refractivity contribution in [2.45, 2.75) is 45.1 Å². The Labute approximate surface area is 232 Å². The second-order valence-electron chi connectivity index (χ2n) is 11.2. The number of likely N-dealkylation sites (tertiary alicyclic amines) is 1. The number of carbonyl (C=O) groups is 1. The van der Waals surface area contributed by atoms with Crippen molar-refractivity contribution in [2.75, 3.05) is 18.4 Å². The standard InChI is InChI=1S/C29H33N9O2/c1-29(2,3)40-28(39)36-12-5-6-20(17-36)24-18-38-25(21-14-32-35(4)16-21)15-31-27(38)26(34-24)33-22-7-9-23(10-8-22)37-13-11-30-19-37/h7-11,13-16,18-20H,5-6,12,17H2,1-4H3,(H,33,34). The molecule has 1 N–H and O–H groups in total. The van der Waals surface area contributed by atoms with E-state index in [0.717, 1.165) is 41.2 Å². The first-order chi connectivity index (χ1) is 19.2. The van der Waals surface area contributed by atoms with Crippen molar-refractivity contribution in [3.8, 4) is 16.9 Å². The first-order valence-corrected chi connectivity index (χ1v) is 13.4. The van der Waals surface area contributed by atoms with Gasteiger partial charge in [0, 0.05) is 67.8 Å². The lowest BCUT2D eigenvalue weighted by atomic mass is 9.95. The number of aromatic nitrogens is 7. The number of ether oxygens (including phenoxy) is 1. The smallest absolute Gasteiger partial charge is 0.410 e. The van der Waals surface area contributed by atoms with Gasteiger partial charge in [-0.3, -0.25) is 9.08 Å². The number of benzene rings is 1. The predicted molar refractivity (Wildman–Crippen MR) is 152 cm³/mol. The third-order valence-corrected chi connectivity index (χ3v) is 6.94. The van der Waals surface area contributed by atoms with Gasteiger partial charge < -0.3 is 19.5 Å². The Balaban J connectivity index is 1.36. The van der Waals surface area contributed by atoms with Crippen molar-refractivity contribution in [1.29, 1.82) is 0 Å². The summed E-state index contributed by atoms with van der Waals surface area (Å²) < 4.78 is 11.5. The first kappa shape index (κ1) is 25.6. The molecule has 40 heavy (non-hydrogen) atoms. The largest absolute Gasteiger partial charge is 0.444 e. The lowest BCUT2D eigenvalue weighted by Crippen LogP contribution is -2.42. The van der Waals surface area contributed by atoms with E-state index in [4.69, 9.17) is 14.7 Å². The minimum Gasteiger partial charge on any atom is -0.444 e. The highest BCUT2D eigenvalue weighted by atomic mass is 16.6. The highest BCUT2D eigenvalue weighted by Gasteiger charge is 2.30. The highest BCUT2D eigenvalue weighted by molar-refractivity contribution is 5.74. The van der Waals surface area contributed by atoms with Crippen LogP contribution < -0.4 is 5.32 Å². The van der Waals surface area contributed by atoms with Crippen LogP contribution in [0.5, 0.6) is 0 Å². The molecule has 11 nitrogen and oxygen atoms in total. The Morgan fingerprint density at radius 1 is 1.12 bits per heavy atom. The lowest BCUT2D eigenvalue weighted by Gasteiger charge is -2.34. The topological polar surface area (TPSA) is 107 Å². The molecular weight excluding hydrogens is 506 g/mol. The molecular formula is C29H33N9O2. The number of nitrogens with one attached hydrogen (secondary N) is 1. The summed E-state index contributed by atoms with van der Waals surface area (Å²) in [6.07, 6.45) is 14.6. The van der Waals surface area contributed by atoms with Gasteiger partial charge in [-0.1, -0.05) is 0 Å². The summed E-state index contributed by atoms with van der Waals surface area (Å²) in [6.45, 7) is 6.89. The monoisotopic (exact) mass is 539 g/mol. The van der Waals surface area contributed by atoms with E-state index in [1.165, 1.54) is 0 Å². The predicted octanol–water partition coefficient (Wildman–Crippen LogP) is 5.17. The molecule has 0 saturated carbocycles. The van der Waals surface area contributed by atoms with Gasteiger partial charge in [0.05, 0.1) is 30.1 Å². The summed E-state index contributed by atoms with van der Waals surface area (Å²) in [4.78, 5) is 28.6. The Bertz CT molecular complexity index is 1630. The summed E-state index contributed by atoms with van der Waals surface area (Å²) >= 11 is 0. The van der Waals surface area contributed by atoms with Crippen LogP contribution in [-0.4, -0.2) is 63.4 Å². The minimum absolute atomic E-state index is 0.0546. The van der Waals surface area contributed by atoms with Gasteiger partial charge >= 0.3 is 6.09 Å². The highest BCUT2D eigenvalue weighted by Crippen LogP contribution is 2.32. The van der Waals surface area contributed by atoms with Crippen LogP contribution in [0.1, 0.15) is 45.2 Å². The van der Waals surface area contributed by atoms with Gasteiger partial charge in [0.15, 0.2) is 11.5 Å². The first-order valence-electron chi connectivity index (χ1n) is 13.4. The van der Waals surface area contributed by atoms with Gasteiger partial charge in [0.25, 0.3) is 0 Å². The van der Waals surface area contributed by atoms with Crippen LogP contribution in [0.2, 0.25) is 0 Å². The molecule has 1 atom stereocenters. The van der Waals surface area contributed by atoms with Crippen LogP contribution in [0.25, 0.3) is 22.6 Å². The third-order valence-electron chi connectivity index (χ3n) is 6.94. The van der Waals surface area contributed by atoms with E-state index in [-0.39, 0.29) is 12.0 Å². The summed E-state index contributed by atoms with van der Waals surface area (Å²) in [5.41, 5.74) is 4.84. The van der Waals surface area contributed by atoms with Gasteiger partial charge in [-0.25, -0.2) is 19.7 Å². The second kappa shape index (κ2) is 10.1.